The Morgan fingerprint density at radius 2 is 1.40 bits per heavy atom. The molecule has 0 heterocycles. The van der Waals surface area contributed by atoms with E-state index in [0.29, 0.717) is 21.2 Å². The highest BCUT2D eigenvalue weighted by Gasteiger charge is 2.17. The molecule has 2 rings (SSSR count). The molecule has 0 aliphatic heterocycles. The lowest BCUT2D eigenvalue weighted by molar-refractivity contribution is 0.602. The summed E-state index contributed by atoms with van der Waals surface area (Å²) in [4.78, 5) is -0.0222. The quantitative estimate of drug-likeness (QED) is 0.712. The van der Waals surface area contributed by atoms with Crippen molar-refractivity contribution in [1.29, 1.82) is 0 Å². The minimum Gasteiger partial charge on any atom is -0.224 e. The molecule has 0 bridgehead atoms. The number of rotatable bonds is 2. The first-order valence-electron chi connectivity index (χ1n) is 5.34. The van der Waals surface area contributed by atoms with Gasteiger partial charge in [-0.2, -0.15) is 0 Å². The zero-order valence-corrected chi connectivity index (χ0v) is 14.0. The zero-order valence-electron chi connectivity index (χ0n) is 10.1. The normalized spacial score (nSPS) is 11.7. The summed E-state index contributed by atoms with van der Waals surface area (Å²) in [6.45, 7) is 0. The van der Waals surface area contributed by atoms with E-state index in [2.05, 4.69) is 0 Å². The highest BCUT2D eigenvalue weighted by molar-refractivity contribution is 7.90. The van der Waals surface area contributed by atoms with Gasteiger partial charge in [0.25, 0.3) is 0 Å². The number of hydrogen-bond acceptors (Lipinski definition) is 2. The second-order valence-electron chi connectivity index (χ2n) is 4.16. The Morgan fingerprint density at radius 1 is 0.800 bits per heavy atom. The summed E-state index contributed by atoms with van der Waals surface area (Å²) in [6.07, 6.45) is 1.07. The molecule has 0 aliphatic carbocycles. The van der Waals surface area contributed by atoms with Gasteiger partial charge in [0, 0.05) is 32.5 Å². The first-order chi connectivity index (χ1) is 9.20. The Balaban J connectivity index is 2.72. The molecule has 0 aromatic heterocycles. The molecule has 0 radical (unpaired) electrons. The number of benzene rings is 2. The van der Waals surface area contributed by atoms with Crippen LogP contribution in [0.5, 0.6) is 0 Å². The summed E-state index contributed by atoms with van der Waals surface area (Å²) in [7, 11) is -3.45. The van der Waals surface area contributed by atoms with E-state index >= 15 is 0 Å². The Kier molecular flexibility index (Phi) is 4.57. The molecule has 0 atom stereocenters. The van der Waals surface area contributed by atoms with Crippen LogP contribution in [0.15, 0.2) is 35.2 Å². The van der Waals surface area contributed by atoms with Gasteiger partial charge in [0.15, 0.2) is 9.84 Å². The van der Waals surface area contributed by atoms with E-state index in [9.17, 15) is 8.42 Å². The fourth-order valence-corrected chi connectivity index (χ4v) is 3.77. The fraction of sp³-hybridized carbons (Fsp3) is 0.0769. The third-order valence-electron chi connectivity index (χ3n) is 2.64. The Morgan fingerprint density at radius 3 is 2.00 bits per heavy atom. The Bertz CT molecular complexity index is 785. The lowest BCUT2D eigenvalue weighted by Crippen LogP contribution is -1.98. The van der Waals surface area contributed by atoms with Crippen LogP contribution < -0.4 is 0 Å². The topological polar surface area (TPSA) is 34.1 Å². The summed E-state index contributed by atoms with van der Waals surface area (Å²) in [6, 6.07) is 7.70. The van der Waals surface area contributed by atoms with Crippen LogP contribution in [-0.2, 0) is 9.84 Å². The second kappa shape index (κ2) is 5.74. The summed E-state index contributed by atoms with van der Waals surface area (Å²) in [5.41, 5.74) is 1.11. The van der Waals surface area contributed by atoms with Gasteiger partial charge in [-0.15, -0.1) is 0 Å². The van der Waals surface area contributed by atoms with Gasteiger partial charge in [-0.25, -0.2) is 8.42 Å². The van der Waals surface area contributed by atoms with Crippen molar-refractivity contribution in [2.75, 3.05) is 6.26 Å². The van der Waals surface area contributed by atoms with Crippen molar-refractivity contribution >= 4 is 56.2 Å². The van der Waals surface area contributed by atoms with E-state index < -0.39 is 9.84 Å². The average Bonchev–Trinajstić information content (AvgIpc) is 2.33. The van der Waals surface area contributed by atoms with Crippen molar-refractivity contribution in [2.24, 2.45) is 0 Å². The largest absolute Gasteiger partial charge is 0.224 e. The molecule has 7 heteroatoms. The fourth-order valence-electron chi connectivity index (χ4n) is 1.72. The third kappa shape index (κ3) is 3.23. The SMILES string of the molecule is CS(=O)(=O)c1cc(Cl)c(-c2cc(Cl)ccc2Cl)cc1Cl. The van der Waals surface area contributed by atoms with Crippen LogP contribution in [0, 0.1) is 0 Å². The molecule has 20 heavy (non-hydrogen) atoms. The van der Waals surface area contributed by atoms with Crippen molar-refractivity contribution < 1.29 is 8.42 Å². The van der Waals surface area contributed by atoms with Crippen LogP contribution in [0.1, 0.15) is 0 Å². The predicted octanol–water partition coefficient (Wildman–Crippen LogP) is 5.37. The van der Waals surface area contributed by atoms with Crippen molar-refractivity contribution in [1.82, 2.24) is 0 Å². The second-order valence-corrected chi connectivity index (χ2v) is 7.80. The van der Waals surface area contributed by atoms with Gasteiger partial charge >= 0.3 is 0 Å². The van der Waals surface area contributed by atoms with Gasteiger partial charge in [0.1, 0.15) is 0 Å². The van der Waals surface area contributed by atoms with Gasteiger partial charge in [0.2, 0.25) is 0 Å². The smallest absolute Gasteiger partial charge is 0.177 e. The molecule has 0 saturated heterocycles. The minimum atomic E-state index is -3.45. The van der Waals surface area contributed by atoms with E-state index in [1.54, 1.807) is 18.2 Å². The van der Waals surface area contributed by atoms with Crippen LogP contribution in [-0.4, -0.2) is 14.7 Å². The van der Waals surface area contributed by atoms with Crippen molar-refractivity contribution in [3.8, 4) is 11.1 Å². The third-order valence-corrected chi connectivity index (χ3v) is 5.08. The molecule has 2 aromatic carbocycles. The molecule has 0 spiro atoms. The molecule has 2 aromatic rings. The Hall–Kier alpha value is -0.450. The Labute approximate surface area is 137 Å². The van der Waals surface area contributed by atoms with Crippen molar-refractivity contribution in [3.05, 3.63) is 50.4 Å². The van der Waals surface area contributed by atoms with E-state index in [0.717, 1.165) is 6.26 Å². The van der Waals surface area contributed by atoms with Crippen molar-refractivity contribution in [2.45, 2.75) is 4.90 Å². The molecular formula is C13H8Cl4O2S. The van der Waals surface area contributed by atoms with Crippen LogP contribution in [0.2, 0.25) is 20.1 Å². The maximum absolute atomic E-state index is 11.6. The first-order valence-corrected chi connectivity index (χ1v) is 8.75. The van der Waals surface area contributed by atoms with Gasteiger partial charge in [-0.05, 0) is 30.3 Å². The number of halogens is 4. The van der Waals surface area contributed by atoms with Gasteiger partial charge in [-0.3, -0.25) is 0 Å². The molecule has 0 N–H and O–H groups in total. The maximum atomic E-state index is 11.6. The summed E-state index contributed by atoms with van der Waals surface area (Å²) < 4.78 is 23.2. The minimum absolute atomic E-state index is 0.0222. The average molecular weight is 370 g/mol. The van der Waals surface area contributed by atoms with Crippen LogP contribution >= 0.6 is 46.4 Å². The molecular weight excluding hydrogens is 362 g/mol. The molecule has 0 aliphatic rings. The molecule has 106 valence electrons. The van der Waals surface area contributed by atoms with E-state index in [-0.39, 0.29) is 14.9 Å². The zero-order chi connectivity index (χ0) is 15.1. The number of sulfone groups is 1. The van der Waals surface area contributed by atoms with E-state index in [4.69, 9.17) is 46.4 Å². The molecule has 2 nitrogen and oxygen atoms in total. The summed E-state index contributed by atoms with van der Waals surface area (Å²) in [5, 5.41) is 1.25. The molecule has 0 amide bonds. The van der Waals surface area contributed by atoms with E-state index in [1.165, 1.54) is 12.1 Å². The van der Waals surface area contributed by atoms with Crippen LogP contribution in [0.25, 0.3) is 11.1 Å². The van der Waals surface area contributed by atoms with Crippen LogP contribution in [0.4, 0.5) is 0 Å². The lowest BCUT2D eigenvalue weighted by Gasteiger charge is -2.10. The highest BCUT2D eigenvalue weighted by atomic mass is 35.5. The summed E-state index contributed by atoms with van der Waals surface area (Å²) in [5.74, 6) is 0. The summed E-state index contributed by atoms with van der Waals surface area (Å²) >= 11 is 24.2. The van der Waals surface area contributed by atoms with Gasteiger partial charge in [0.05, 0.1) is 9.92 Å². The highest BCUT2D eigenvalue weighted by Crippen LogP contribution is 2.39. The first kappa shape index (κ1) is 15.9. The number of hydrogen-bond donors (Lipinski definition) is 0. The van der Waals surface area contributed by atoms with Gasteiger partial charge in [-0.1, -0.05) is 46.4 Å². The molecule has 0 saturated carbocycles. The van der Waals surface area contributed by atoms with Crippen LogP contribution in [0.3, 0.4) is 0 Å². The molecule has 0 unspecified atom stereocenters. The monoisotopic (exact) mass is 368 g/mol. The lowest BCUT2D eigenvalue weighted by atomic mass is 10.1. The predicted molar refractivity (Wildman–Crippen MR) is 85.0 cm³/mol. The molecule has 0 fully saturated rings. The van der Waals surface area contributed by atoms with Gasteiger partial charge < -0.3 is 0 Å². The standard InChI is InChI=1S/C13H8Cl4O2S/c1-20(18,19)13-6-11(16)9(5-12(13)17)8-4-7(14)2-3-10(8)15/h2-6H,1H3. The van der Waals surface area contributed by atoms with Crippen molar-refractivity contribution in [3.63, 3.8) is 0 Å². The van der Waals surface area contributed by atoms with E-state index in [1.807, 2.05) is 0 Å². The maximum Gasteiger partial charge on any atom is 0.177 e.